The van der Waals surface area contributed by atoms with Gasteiger partial charge in [-0.25, -0.2) is 4.98 Å². The quantitative estimate of drug-likeness (QED) is 0.243. The number of hydrogen-bond donors (Lipinski definition) is 1. The van der Waals surface area contributed by atoms with Crippen molar-refractivity contribution in [1.82, 2.24) is 9.97 Å². The number of alkyl halides is 3. The zero-order chi connectivity index (χ0) is 24.0. The summed E-state index contributed by atoms with van der Waals surface area (Å²) in [6.07, 6.45) is 1.84. The van der Waals surface area contributed by atoms with Crippen molar-refractivity contribution in [3.63, 3.8) is 0 Å². The molecule has 11 heteroatoms. The molecule has 8 nitrogen and oxygen atoms in total. The van der Waals surface area contributed by atoms with Gasteiger partial charge in [-0.15, -0.1) is 0 Å². The first-order chi connectivity index (χ1) is 15.3. The van der Waals surface area contributed by atoms with Gasteiger partial charge >= 0.3 is 12.2 Å². The van der Waals surface area contributed by atoms with Crippen LogP contribution in [0.1, 0.15) is 26.7 Å². The lowest BCUT2D eigenvalue weighted by Gasteiger charge is -2.24. The summed E-state index contributed by atoms with van der Waals surface area (Å²) < 4.78 is 48.8. The summed E-state index contributed by atoms with van der Waals surface area (Å²) in [6, 6.07) is 0.132. The number of carbonyl (C=O) groups excluding carboxylic acids is 1. The highest BCUT2D eigenvalue weighted by Crippen LogP contribution is 2.26. The number of hydrogen-bond acceptors (Lipinski definition) is 8. The van der Waals surface area contributed by atoms with Crippen molar-refractivity contribution < 1.29 is 27.4 Å². The summed E-state index contributed by atoms with van der Waals surface area (Å²) in [5.41, 5.74) is -0.240. The topological polar surface area (TPSA) is 88.9 Å². The van der Waals surface area contributed by atoms with E-state index in [1.165, 1.54) is 6.20 Å². The van der Waals surface area contributed by atoms with Gasteiger partial charge in [0.25, 0.3) is 0 Å². The van der Waals surface area contributed by atoms with Gasteiger partial charge in [0.2, 0.25) is 0 Å². The minimum atomic E-state index is -4.61. The van der Waals surface area contributed by atoms with Gasteiger partial charge in [-0.3, -0.25) is 4.99 Å². The number of ether oxygens (including phenoxy) is 2. The molecule has 1 N–H and O–H groups in total. The van der Waals surface area contributed by atoms with Gasteiger partial charge in [0.05, 0.1) is 25.0 Å². The predicted octanol–water partition coefficient (Wildman–Crippen LogP) is 3.81. The minimum Gasteiger partial charge on any atom is -0.463 e. The summed E-state index contributed by atoms with van der Waals surface area (Å²) in [6.45, 7) is 8.25. The van der Waals surface area contributed by atoms with Crippen molar-refractivity contribution in [3.05, 3.63) is 30.1 Å². The van der Waals surface area contributed by atoms with E-state index in [2.05, 4.69) is 26.9 Å². The number of aldehydes is 1. The fraction of sp³-hybridized carbons (Fsp3) is 0.524. The molecule has 0 saturated heterocycles. The third-order valence-electron chi connectivity index (χ3n) is 4.19. The van der Waals surface area contributed by atoms with E-state index in [-0.39, 0.29) is 19.1 Å². The highest BCUT2D eigenvalue weighted by atomic mass is 19.4. The molecule has 0 amide bonds. The Bertz CT molecular complexity index is 797. The average molecular weight is 457 g/mol. The van der Waals surface area contributed by atoms with Crippen LogP contribution in [0.25, 0.3) is 0 Å². The summed E-state index contributed by atoms with van der Waals surface area (Å²) in [4.78, 5) is 24.8. The Morgan fingerprint density at radius 3 is 2.66 bits per heavy atom. The lowest BCUT2D eigenvalue weighted by Crippen LogP contribution is -2.30. The molecule has 1 aromatic heterocycles. The van der Waals surface area contributed by atoms with Crippen molar-refractivity contribution in [2.24, 2.45) is 4.99 Å². The number of nitrogens with one attached hydrogen (secondary N) is 1. The van der Waals surface area contributed by atoms with Gasteiger partial charge in [0.1, 0.15) is 12.0 Å². The van der Waals surface area contributed by atoms with Gasteiger partial charge in [0, 0.05) is 33.0 Å². The number of halogens is 3. The monoisotopic (exact) mass is 457 g/mol. The molecule has 0 atom stereocenters. The van der Waals surface area contributed by atoms with Crippen LogP contribution in [0.2, 0.25) is 0 Å². The Hall–Kier alpha value is -2.95. The first kappa shape index (κ1) is 27.1. The summed E-state index contributed by atoms with van der Waals surface area (Å²) in [5, 5.41) is 2.94. The molecule has 0 radical (unpaired) electrons. The Kier molecular flexibility index (Phi) is 12.0. The molecule has 0 aliphatic rings. The Morgan fingerprint density at radius 1 is 1.34 bits per heavy atom. The smallest absolute Gasteiger partial charge is 0.432 e. The number of rotatable bonds is 15. The van der Waals surface area contributed by atoms with Crippen LogP contribution >= 0.6 is 0 Å². The number of aliphatic imine (C=N–C) groups is 1. The SMILES string of the molecule is C=C(N=C/C(=C\C)CN(CC=O)c1nc(OCCCCOCC)ncc1NC)C(F)(F)F. The zero-order valence-corrected chi connectivity index (χ0v) is 18.6. The molecular weight excluding hydrogens is 427 g/mol. The molecule has 1 aromatic rings. The van der Waals surface area contributed by atoms with Crippen LogP contribution in [0.4, 0.5) is 24.7 Å². The van der Waals surface area contributed by atoms with E-state index in [0.717, 1.165) is 19.1 Å². The zero-order valence-electron chi connectivity index (χ0n) is 18.6. The Labute approximate surface area is 186 Å². The van der Waals surface area contributed by atoms with E-state index in [1.54, 1.807) is 24.9 Å². The van der Waals surface area contributed by atoms with Crippen LogP contribution < -0.4 is 15.0 Å². The number of allylic oxidation sites excluding steroid dienone is 2. The number of nitrogens with zero attached hydrogens (tertiary/aromatic N) is 4. The second kappa shape index (κ2) is 14.2. The lowest BCUT2D eigenvalue weighted by molar-refractivity contribution is -0.106. The molecule has 0 saturated carbocycles. The second-order valence-electron chi connectivity index (χ2n) is 6.51. The maximum Gasteiger partial charge on any atom is 0.432 e. The van der Waals surface area contributed by atoms with E-state index in [9.17, 15) is 18.0 Å². The molecule has 0 aliphatic carbocycles. The van der Waals surface area contributed by atoms with Crippen LogP contribution in [-0.2, 0) is 9.53 Å². The number of anilines is 2. The average Bonchev–Trinajstić information content (AvgIpc) is 2.77. The predicted molar refractivity (Wildman–Crippen MR) is 119 cm³/mol. The Balaban J connectivity index is 2.98. The maximum atomic E-state index is 12.6. The highest BCUT2D eigenvalue weighted by molar-refractivity contribution is 5.82. The van der Waals surface area contributed by atoms with Crippen LogP contribution in [0.3, 0.4) is 0 Å². The van der Waals surface area contributed by atoms with Crippen molar-refractivity contribution in [2.75, 3.05) is 50.2 Å². The first-order valence-corrected chi connectivity index (χ1v) is 10.2. The molecule has 32 heavy (non-hydrogen) atoms. The molecule has 0 aromatic carbocycles. The molecule has 0 bridgehead atoms. The minimum absolute atomic E-state index is 0.0507. The maximum absolute atomic E-state index is 12.6. The van der Waals surface area contributed by atoms with Gasteiger partial charge in [-0.2, -0.15) is 18.2 Å². The second-order valence-corrected chi connectivity index (χ2v) is 6.51. The molecule has 178 valence electrons. The summed E-state index contributed by atoms with van der Waals surface area (Å²) >= 11 is 0. The Morgan fingerprint density at radius 2 is 2.06 bits per heavy atom. The standard InChI is InChI=1S/C21H30F3N5O3/c1-5-17(13-26-16(3)21(22,23)24)15-29(9-10-30)19-18(25-4)14-27-20(28-19)32-12-8-7-11-31-6-2/h5,10,13-14,25H,3,6-9,11-12,15H2,1-2,4H3/b17-5+,26-13?. The van der Waals surface area contributed by atoms with Crippen molar-refractivity contribution in [3.8, 4) is 6.01 Å². The molecule has 1 heterocycles. The lowest BCUT2D eigenvalue weighted by atomic mass is 10.2. The normalized spacial score (nSPS) is 12.1. The first-order valence-electron chi connectivity index (χ1n) is 10.2. The van der Waals surface area contributed by atoms with Gasteiger partial charge in [-0.05, 0) is 32.3 Å². The van der Waals surface area contributed by atoms with Gasteiger partial charge < -0.3 is 24.5 Å². The van der Waals surface area contributed by atoms with Crippen LogP contribution in [0.5, 0.6) is 6.01 Å². The molecule has 0 fully saturated rings. The molecular formula is C21H30F3N5O3. The van der Waals surface area contributed by atoms with E-state index in [4.69, 9.17) is 9.47 Å². The van der Waals surface area contributed by atoms with E-state index in [1.807, 2.05) is 6.92 Å². The number of aromatic nitrogens is 2. The van der Waals surface area contributed by atoms with Crippen LogP contribution in [0, 0.1) is 0 Å². The summed E-state index contributed by atoms with van der Waals surface area (Å²) in [5.74, 6) is 0.376. The third-order valence-corrected chi connectivity index (χ3v) is 4.19. The number of carbonyl (C=O) groups is 1. The van der Waals surface area contributed by atoms with Gasteiger partial charge in [-0.1, -0.05) is 12.7 Å². The van der Waals surface area contributed by atoms with Crippen molar-refractivity contribution >= 4 is 24.0 Å². The van der Waals surface area contributed by atoms with Crippen LogP contribution in [0.15, 0.2) is 35.1 Å². The summed E-state index contributed by atoms with van der Waals surface area (Å²) in [7, 11) is 1.67. The molecule has 0 spiro atoms. The van der Waals surface area contributed by atoms with E-state index < -0.39 is 11.9 Å². The van der Waals surface area contributed by atoms with Crippen molar-refractivity contribution in [1.29, 1.82) is 0 Å². The van der Waals surface area contributed by atoms with Crippen molar-refractivity contribution in [2.45, 2.75) is 32.9 Å². The van der Waals surface area contributed by atoms with E-state index in [0.29, 0.717) is 43.2 Å². The molecule has 0 aliphatic heterocycles. The fourth-order valence-electron chi connectivity index (χ4n) is 2.44. The third kappa shape index (κ3) is 9.46. The number of unbranched alkanes of at least 4 members (excludes halogenated alkanes) is 1. The molecule has 1 rings (SSSR count). The largest absolute Gasteiger partial charge is 0.463 e. The highest BCUT2D eigenvalue weighted by Gasteiger charge is 2.31. The van der Waals surface area contributed by atoms with Crippen LogP contribution in [-0.4, -0.2) is 68.6 Å². The van der Waals surface area contributed by atoms with E-state index >= 15 is 0 Å². The van der Waals surface area contributed by atoms with Gasteiger partial charge in [0.15, 0.2) is 5.82 Å². The fourth-order valence-corrected chi connectivity index (χ4v) is 2.44. The molecule has 0 unspecified atom stereocenters.